The molecular formula is C25H17ClFIN2O5S2. The first kappa shape index (κ1) is 27.3. The number of carbonyl (C=O) groups excluding carboxylic acids is 1. The van der Waals surface area contributed by atoms with Crippen molar-refractivity contribution in [2.45, 2.75) is 13.5 Å². The van der Waals surface area contributed by atoms with Gasteiger partial charge in [-0.25, -0.2) is 4.39 Å². The topological polar surface area (TPSA) is 81.9 Å². The highest BCUT2D eigenvalue weighted by Crippen LogP contribution is 2.40. The quantitative estimate of drug-likeness (QED) is 0.0814. The van der Waals surface area contributed by atoms with Gasteiger partial charge < -0.3 is 9.47 Å². The second kappa shape index (κ2) is 11.8. The number of thioether (sulfide) groups is 1. The Hall–Kier alpha value is -2.74. The van der Waals surface area contributed by atoms with Gasteiger partial charge in [-0.2, -0.15) is 0 Å². The van der Waals surface area contributed by atoms with Gasteiger partial charge in [0.1, 0.15) is 12.4 Å². The number of rotatable bonds is 8. The molecule has 12 heteroatoms. The molecule has 1 fully saturated rings. The highest BCUT2D eigenvalue weighted by atomic mass is 127. The summed E-state index contributed by atoms with van der Waals surface area (Å²) in [6.45, 7) is 2.42. The zero-order valence-corrected chi connectivity index (χ0v) is 23.6. The third-order valence-corrected chi connectivity index (χ3v) is 7.51. The van der Waals surface area contributed by atoms with Gasteiger partial charge in [-0.3, -0.25) is 19.8 Å². The molecule has 0 bridgehead atoms. The van der Waals surface area contributed by atoms with E-state index >= 15 is 0 Å². The van der Waals surface area contributed by atoms with Crippen LogP contribution in [0.5, 0.6) is 11.5 Å². The first-order valence-electron chi connectivity index (χ1n) is 10.7. The van der Waals surface area contributed by atoms with E-state index in [1.54, 1.807) is 24.3 Å². The summed E-state index contributed by atoms with van der Waals surface area (Å²) in [5, 5.41) is 10.8. The number of thiocarbonyl (C=S) groups is 1. The summed E-state index contributed by atoms with van der Waals surface area (Å²) in [6.07, 6.45) is 1.70. The van der Waals surface area contributed by atoms with E-state index in [1.807, 2.05) is 13.0 Å². The van der Waals surface area contributed by atoms with Crippen LogP contribution in [-0.2, 0) is 11.4 Å². The van der Waals surface area contributed by atoms with Gasteiger partial charge in [0.15, 0.2) is 15.8 Å². The summed E-state index contributed by atoms with van der Waals surface area (Å²) in [6, 6.07) is 13.7. The van der Waals surface area contributed by atoms with Crippen molar-refractivity contribution in [3.05, 3.63) is 95.2 Å². The van der Waals surface area contributed by atoms with E-state index in [9.17, 15) is 19.3 Å². The molecule has 37 heavy (non-hydrogen) atoms. The van der Waals surface area contributed by atoms with Gasteiger partial charge in [-0.05, 0) is 89.2 Å². The van der Waals surface area contributed by atoms with Crippen LogP contribution in [0.3, 0.4) is 0 Å². The molecule has 1 aliphatic heterocycles. The molecule has 7 nitrogen and oxygen atoms in total. The molecule has 1 aliphatic rings. The van der Waals surface area contributed by atoms with Crippen molar-refractivity contribution in [3.8, 4) is 11.5 Å². The molecule has 4 rings (SSSR count). The average molecular weight is 671 g/mol. The van der Waals surface area contributed by atoms with Crippen LogP contribution in [0, 0.1) is 19.5 Å². The molecule has 0 aliphatic carbocycles. The number of nitrogens with zero attached hydrogens (tertiary/aromatic N) is 2. The standard InChI is InChI=1S/C25H17ClFIN2O5S2/c1-2-34-21-10-15(9-20(28)23(21)35-13-14-3-5-16(6-4-14)30(32)33)11-22-24(31)29(25(36)37-22)17-7-8-19(27)18(26)12-17/h3-12H,2,13H2,1H3. The Bertz CT molecular complexity index is 1440. The molecule has 0 unspecified atom stereocenters. The lowest BCUT2D eigenvalue weighted by molar-refractivity contribution is -0.384. The maximum absolute atomic E-state index is 13.6. The summed E-state index contributed by atoms with van der Waals surface area (Å²) in [5.74, 6) is 0.0827. The van der Waals surface area contributed by atoms with E-state index in [2.05, 4.69) is 22.6 Å². The Morgan fingerprint density at radius 1 is 1.19 bits per heavy atom. The Balaban J connectivity index is 1.58. The maximum Gasteiger partial charge on any atom is 0.270 e. The zero-order chi connectivity index (χ0) is 26.7. The van der Waals surface area contributed by atoms with E-state index in [4.69, 9.17) is 33.3 Å². The number of carbonyl (C=O) groups is 1. The lowest BCUT2D eigenvalue weighted by atomic mass is 10.1. The minimum atomic E-state index is -0.583. The number of nitro benzene ring substituents is 1. The molecule has 0 radical (unpaired) electrons. The smallest absolute Gasteiger partial charge is 0.270 e. The Kier molecular flexibility index (Phi) is 8.67. The normalized spacial score (nSPS) is 14.4. The van der Waals surface area contributed by atoms with Crippen LogP contribution in [0.25, 0.3) is 6.08 Å². The summed E-state index contributed by atoms with van der Waals surface area (Å²) < 4.78 is 26.4. The van der Waals surface area contributed by atoms with E-state index < -0.39 is 10.7 Å². The van der Waals surface area contributed by atoms with Crippen molar-refractivity contribution in [3.63, 3.8) is 0 Å². The van der Waals surface area contributed by atoms with Gasteiger partial charge in [-0.15, -0.1) is 0 Å². The highest BCUT2D eigenvalue weighted by molar-refractivity contribution is 14.1. The van der Waals surface area contributed by atoms with Crippen LogP contribution in [0.2, 0.25) is 5.02 Å². The maximum atomic E-state index is 13.6. The van der Waals surface area contributed by atoms with Crippen molar-refractivity contribution >= 4 is 85.9 Å². The number of hydrogen-bond acceptors (Lipinski definition) is 7. The second-order valence-corrected chi connectivity index (χ2v) is 10.8. The first-order valence-corrected chi connectivity index (χ1v) is 13.4. The van der Waals surface area contributed by atoms with E-state index in [-0.39, 0.29) is 23.2 Å². The molecule has 3 aromatic rings. The third kappa shape index (κ3) is 6.22. The van der Waals surface area contributed by atoms with Crippen LogP contribution in [0.4, 0.5) is 15.8 Å². The predicted molar refractivity (Wildman–Crippen MR) is 155 cm³/mol. The number of anilines is 1. The van der Waals surface area contributed by atoms with Crippen LogP contribution < -0.4 is 14.4 Å². The van der Waals surface area contributed by atoms with Gasteiger partial charge in [0.2, 0.25) is 0 Å². The number of halogens is 3. The number of hydrogen-bond donors (Lipinski definition) is 0. The van der Waals surface area contributed by atoms with Gasteiger partial charge >= 0.3 is 0 Å². The van der Waals surface area contributed by atoms with Gasteiger partial charge in [-0.1, -0.05) is 35.6 Å². The fourth-order valence-electron chi connectivity index (χ4n) is 3.41. The molecule has 0 N–H and O–H groups in total. The first-order chi connectivity index (χ1) is 17.7. The van der Waals surface area contributed by atoms with Crippen LogP contribution in [0.1, 0.15) is 18.1 Å². The number of nitro groups is 1. The average Bonchev–Trinajstić information content (AvgIpc) is 3.13. The van der Waals surface area contributed by atoms with Crippen molar-refractivity contribution < 1.29 is 23.6 Å². The van der Waals surface area contributed by atoms with Crippen LogP contribution >= 0.6 is 58.2 Å². The molecule has 0 spiro atoms. The lowest BCUT2D eigenvalue weighted by Gasteiger charge is -2.15. The number of benzene rings is 3. The molecule has 1 heterocycles. The fourth-order valence-corrected chi connectivity index (χ4v) is 5.66. The van der Waals surface area contributed by atoms with Crippen molar-refractivity contribution in [2.75, 3.05) is 11.5 Å². The Morgan fingerprint density at radius 2 is 1.92 bits per heavy atom. The lowest BCUT2D eigenvalue weighted by Crippen LogP contribution is -2.27. The monoisotopic (exact) mass is 670 g/mol. The molecule has 0 aromatic heterocycles. The summed E-state index contributed by atoms with van der Waals surface area (Å²) in [7, 11) is 0. The SMILES string of the molecule is CCOc1cc(C=C2SC(=S)N(c3ccc(F)c(Cl)c3)C2=O)cc(I)c1OCc1ccc([N+](=O)[O-])cc1. The van der Waals surface area contributed by atoms with Gasteiger partial charge in [0.05, 0.1) is 30.7 Å². The van der Waals surface area contributed by atoms with Gasteiger partial charge in [0.25, 0.3) is 11.6 Å². The number of non-ortho nitro benzene ring substituents is 1. The van der Waals surface area contributed by atoms with E-state index in [0.29, 0.717) is 38.6 Å². The van der Waals surface area contributed by atoms with Crippen molar-refractivity contribution in [1.29, 1.82) is 0 Å². The minimum Gasteiger partial charge on any atom is -0.490 e. The third-order valence-electron chi connectivity index (χ3n) is 5.11. The molecule has 1 amide bonds. The van der Waals surface area contributed by atoms with Crippen LogP contribution in [0.15, 0.2) is 59.5 Å². The van der Waals surface area contributed by atoms with Crippen molar-refractivity contribution in [1.82, 2.24) is 0 Å². The summed E-state index contributed by atoms with van der Waals surface area (Å²) in [4.78, 5) is 25.2. The number of amides is 1. The predicted octanol–water partition coefficient (Wildman–Crippen LogP) is 7.38. The highest BCUT2D eigenvalue weighted by Gasteiger charge is 2.33. The van der Waals surface area contributed by atoms with E-state index in [1.165, 1.54) is 35.2 Å². The molecular weight excluding hydrogens is 654 g/mol. The Labute approximate surface area is 239 Å². The molecule has 0 saturated carbocycles. The van der Waals surface area contributed by atoms with E-state index in [0.717, 1.165) is 20.9 Å². The number of ether oxygens (including phenoxy) is 2. The Morgan fingerprint density at radius 3 is 2.57 bits per heavy atom. The zero-order valence-electron chi connectivity index (χ0n) is 19.1. The fraction of sp³-hybridized carbons (Fsp3) is 0.120. The second-order valence-electron chi connectivity index (χ2n) is 7.59. The molecule has 1 saturated heterocycles. The van der Waals surface area contributed by atoms with Crippen LogP contribution in [-0.4, -0.2) is 21.8 Å². The summed E-state index contributed by atoms with van der Waals surface area (Å²) >= 11 is 14.5. The minimum absolute atomic E-state index is 0.00521. The molecule has 190 valence electrons. The van der Waals surface area contributed by atoms with Gasteiger partial charge in [0, 0.05) is 12.1 Å². The largest absolute Gasteiger partial charge is 0.490 e. The summed E-state index contributed by atoms with van der Waals surface area (Å²) in [5.41, 5.74) is 1.85. The van der Waals surface area contributed by atoms with Crippen molar-refractivity contribution in [2.24, 2.45) is 0 Å². The molecule has 3 aromatic carbocycles. The molecule has 0 atom stereocenters.